The third-order valence-electron chi connectivity index (χ3n) is 3.69. The van der Waals surface area contributed by atoms with Crippen molar-refractivity contribution in [3.8, 4) is 17.2 Å². The van der Waals surface area contributed by atoms with Crippen LogP contribution in [0, 0.1) is 0 Å². The van der Waals surface area contributed by atoms with Gasteiger partial charge >= 0.3 is 0 Å². The Kier molecular flexibility index (Phi) is 4.81. The van der Waals surface area contributed by atoms with E-state index in [2.05, 4.69) is 29.6 Å². The van der Waals surface area contributed by atoms with Gasteiger partial charge in [0, 0.05) is 6.54 Å². The predicted octanol–water partition coefficient (Wildman–Crippen LogP) is 2.80. The largest absolute Gasteiger partial charge is 0.497 e. The highest BCUT2D eigenvalue weighted by atomic mass is 16.6. The highest BCUT2D eigenvalue weighted by Gasteiger charge is 2.11. The summed E-state index contributed by atoms with van der Waals surface area (Å²) >= 11 is 0. The molecule has 0 aromatic heterocycles. The second-order valence-corrected chi connectivity index (χ2v) is 5.25. The number of hydrogen-bond acceptors (Lipinski definition) is 4. The fraction of sp³-hybridized carbons (Fsp3) is 0.333. The number of ether oxygens (including phenoxy) is 3. The van der Waals surface area contributed by atoms with E-state index in [1.807, 2.05) is 18.2 Å². The molecule has 3 rings (SSSR count). The number of fused-ring (bicyclic) bond motifs is 1. The van der Waals surface area contributed by atoms with Gasteiger partial charge in [-0.05, 0) is 48.4 Å². The first-order valence-electron chi connectivity index (χ1n) is 7.57. The molecule has 0 radical (unpaired) electrons. The van der Waals surface area contributed by atoms with Crippen LogP contribution >= 0.6 is 0 Å². The van der Waals surface area contributed by atoms with Gasteiger partial charge in [-0.15, -0.1) is 0 Å². The van der Waals surface area contributed by atoms with Gasteiger partial charge in [0.15, 0.2) is 11.5 Å². The van der Waals surface area contributed by atoms with Crippen molar-refractivity contribution < 1.29 is 14.2 Å². The average molecular weight is 299 g/mol. The van der Waals surface area contributed by atoms with Crippen molar-refractivity contribution in [1.29, 1.82) is 0 Å². The molecule has 0 aliphatic carbocycles. The molecule has 1 heterocycles. The summed E-state index contributed by atoms with van der Waals surface area (Å²) in [6, 6.07) is 14.3. The minimum atomic E-state index is 0.626. The van der Waals surface area contributed by atoms with E-state index < -0.39 is 0 Å². The van der Waals surface area contributed by atoms with E-state index in [1.54, 1.807) is 7.11 Å². The third-order valence-corrected chi connectivity index (χ3v) is 3.69. The standard InChI is InChI=1S/C18H21NO3/c1-20-16-5-2-14(3-6-16)8-9-19-13-15-4-7-17-18(12-15)22-11-10-21-17/h2-7,12,19H,8-11,13H2,1H3. The van der Waals surface area contributed by atoms with E-state index in [1.165, 1.54) is 11.1 Å². The molecule has 0 saturated carbocycles. The Morgan fingerprint density at radius 2 is 1.68 bits per heavy atom. The van der Waals surface area contributed by atoms with Gasteiger partial charge in [-0.2, -0.15) is 0 Å². The molecule has 1 N–H and O–H groups in total. The van der Waals surface area contributed by atoms with Crippen LogP contribution in [0.3, 0.4) is 0 Å². The summed E-state index contributed by atoms with van der Waals surface area (Å²) in [6.45, 7) is 3.02. The summed E-state index contributed by atoms with van der Waals surface area (Å²) in [6.07, 6.45) is 0.995. The van der Waals surface area contributed by atoms with Crippen LogP contribution in [0.4, 0.5) is 0 Å². The molecule has 0 atom stereocenters. The Morgan fingerprint density at radius 3 is 2.45 bits per heavy atom. The van der Waals surface area contributed by atoms with Crippen molar-refractivity contribution in [2.75, 3.05) is 26.9 Å². The Labute approximate surface area is 131 Å². The van der Waals surface area contributed by atoms with Gasteiger partial charge in [0.1, 0.15) is 19.0 Å². The third kappa shape index (κ3) is 3.71. The fourth-order valence-corrected chi connectivity index (χ4v) is 2.46. The van der Waals surface area contributed by atoms with Gasteiger partial charge in [-0.1, -0.05) is 18.2 Å². The molecule has 1 aliphatic rings. The zero-order chi connectivity index (χ0) is 15.2. The zero-order valence-electron chi connectivity index (χ0n) is 12.8. The van der Waals surface area contributed by atoms with Crippen LogP contribution in [0.1, 0.15) is 11.1 Å². The predicted molar refractivity (Wildman–Crippen MR) is 85.8 cm³/mol. The minimum Gasteiger partial charge on any atom is -0.497 e. The summed E-state index contributed by atoms with van der Waals surface area (Å²) in [5.41, 5.74) is 2.51. The Morgan fingerprint density at radius 1 is 0.955 bits per heavy atom. The van der Waals surface area contributed by atoms with E-state index in [0.29, 0.717) is 13.2 Å². The van der Waals surface area contributed by atoms with Crippen LogP contribution in [0.5, 0.6) is 17.2 Å². The van der Waals surface area contributed by atoms with Crippen LogP contribution < -0.4 is 19.5 Å². The van der Waals surface area contributed by atoms with Gasteiger partial charge in [-0.25, -0.2) is 0 Å². The molecule has 2 aromatic carbocycles. The Hall–Kier alpha value is -2.20. The molecule has 2 aromatic rings. The van der Waals surface area contributed by atoms with Crippen molar-refractivity contribution in [1.82, 2.24) is 5.32 Å². The smallest absolute Gasteiger partial charge is 0.161 e. The summed E-state index contributed by atoms with van der Waals surface area (Å²) in [5, 5.41) is 3.46. The van der Waals surface area contributed by atoms with Gasteiger partial charge < -0.3 is 19.5 Å². The van der Waals surface area contributed by atoms with Crippen molar-refractivity contribution in [3.63, 3.8) is 0 Å². The summed E-state index contributed by atoms with van der Waals surface area (Å²) < 4.78 is 16.3. The molecular weight excluding hydrogens is 278 g/mol. The molecule has 22 heavy (non-hydrogen) atoms. The fourth-order valence-electron chi connectivity index (χ4n) is 2.46. The van der Waals surface area contributed by atoms with Crippen LogP contribution in [0.15, 0.2) is 42.5 Å². The topological polar surface area (TPSA) is 39.7 Å². The van der Waals surface area contributed by atoms with E-state index >= 15 is 0 Å². The van der Waals surface area contributed by atoms with Crippen LogP contribution in [-0.4, -0.2) is 26.9 Å². The summed E-state index contributed by atoms with van der Waals surface area (Å²) in [4.78, 5) is 0. The Balaban J connectivity index is 1.46. The van der Waals surface area contributed by atoms with Crippen molar-refractivity contribution in [2.24, 2.45) is 0 Å². The number of nitrogens with one attached hydrogen (secondary N) is 1. The maximum Gasteiger partial charge on any atom is 0.161 e. The van der Waals surface area contributed by atoms with E-state index in [0.717, 1.165) is 36.8 Å². The second-order valence-electron chi connectivity index (χ2n) is 5.25. The van der Waals surface area contributed by atoms with Crippen LogP contribution in [0.25, 0.3) is 0 Å². The molecule has 4 heteroatoms. The van der Waals surface area contributed by atoms with E-state index in [4.69, 9.17) is 14.2 Å². The average Bonchev–Trinajstić information content (AvgIpc) is 2.59. The maximum absolute atomic E-state index is 5.60. The molecule has 1 aliphatic heterocycles. The zero-order valence-corrected chi connectivity index (χ0v) is 12.8. The molecule has 4 nitrogen and oxygen atoms in total. The highest BCUT2D eigenvalue weighted by Crippen LogP contribution is 2.30. The van der Waals surface area contributed by atoms with Gasteiger partial charge in [0.05, 0.1) is 7.11 Å². The molecule has 116 valence electrons. The Bertz CT molecular complexity index is 610. The first-order valence-corrected chi connectivity index (χ1v) is 7.57. The first kappa shape index (κ1) is 14.7. The quantitative estimate of drug-likeness (QED) is 0.833. The van der Waals surface area contributed by atoms with Crippen molar-refractivity contribution in [3.05, 3.63) is 53.6 Å². The molecule has 0 amide bonds. The molecule has 0 fully saturated rings. The molecule has 0 bridgehead atoms. The van der Waals surface area contributed by atoms with E-state index in [-0.39, 0.29) is 0 Å². The van der Waals surface area contributed by atoms with Crippen molar-refractivity contribution >= 4 is 0 Å². The summed E-state index contributed by atoms with van der Waals surface area (Å²) in [5.74, 6) is 2.59. The van der Waals surface area contributed by atoms with Crippen LogP contribution in [-0.2, 0) is 13.0 Å². The highest BCUT2D eigenvalue weighted by molar-refractivity contribution is 5.43. The number of benzene rings is 2. The van der Waals surface area contributed by atoms with E-state index in [9.17, 15) is 0 Å². The molecular formula is C18H21NO3. The molecule has 0 spiro atoms. The van der Waals surface area contributed by atoms with Gasteiger partial charge in [0.25, 0.3) is 0 Å². The number of hydrogen-bond donors (Lipinski definition) is 1. The normalized spacial score (nSPS) is 13.0. The summed E-state index contributed by atoms with van der Waals surface area (Å²) in [7, 11) is 1.68. The molecule has 0 saturated heterocycles. The van der Waals surface area contributed by atoms with Crippen molar-refractivity contribution in [2.45, 2.75) is 13.0 Å². The number of rotatable bonds is 6. The first-order chi connectivity index (χ1) is 10.8. The lowest BCUT2D eigenvalue weighted by Gasteiger charge is -2.19. The maximum atomic E-state index is 5.60. The lowest BCUT2D eigenvalue weighted by atomic mass is 10.1. The monoisotopic (exact) mass is 299 g/mol. The molecule has 0 unspecified atom stereocenters. The second kappa shape index (κ2) is 7.18. The SMILES string of the molecule is COc1ccc(CCNCc2ccc3c(c2)OCCO3)cc1. The van der Waals surface area contributed by atoms with Gasteiger partial charge in [0.2, 0.25) is 0 Å². The lowest BCUT2D eigenvalue weighted by Crippen LogP contribution is -2.18. The lowest BCUT2D eigenvalue weighted by molar-refractivity contribution is 0.171. The van der Waals surface area contributed by atoms with Crippen LogP contribution in [0.2, 0.25) is 0 Å². The number of methoxy groups -OCH3 is 1. The minimum absolute atomic E-state index is 0.626. The van der Waals surface area contributed by atoms with Gasteiger partial charge in [-0.3, -0.25) is 0 Å².